The molecule has 0 aliphatic carbocycles. The molecule has 1 saturated heterocycles. The van der Waals surface area contributed by atoms with Gasteiger partial charge in [0.2, 0.25) is 11.6 Å². The lowest BCUT2D eigenvalue weighted by molar-refractivity contribution is -0.132. The summed E-state index contributed by atoms with van der Waals surface area (Å²) in [5.74, 6) is 0.726. The fraction of sp³-hybridized carbons (Fsp3) is 0.310. The topological polar surface area (TPSA) is 134 Å². The zero-order chi connectivity index (χ0) is 28.2. The molecule has 7 heterocycles. The van der Waals surface area contributed by atoms with Crippen LogP contribution in [0, 0.1) is 0 Å². The Morgan fingerprint density at radius 2 is 2.00 bits per heavy atom. The van der Waals surface area contributed by atoms with Gasteiger partial charge in [0.1, 0.15) is 11.3 Å². The molecule has 0 bridgehead atoms. The minimum atomic E-state index is -0.176. The third-order valence-electron chi connectivity index (χ3n) is 7.86. The molecule has 0 aromatic carbocycles. The third kappa shape index (κ3) is 4.27. The Bertz CT molecular complexity index is 1840. The van der Waals surface area contributed by atoms with Crippen molar-refractivity contribution in [2.24, 2.45) is 0 Å². The molecule has 2 N–H and O–H groups in total. The summed E-state index contributed by atoms with van der Waals surface area (Å²) in [5, 5.41) is 6.30. The van der Waals surface area contributed by atoms with Gasteiger partial charge < -0.3 is 24.9 Å². The molecular weight excluding hydrogens is 522 g/mol. The molecule has 0 saturated carbocycles. The van der Waals surface area contributed by atoms with Crippen LogP contribution in [-0.2, 0) is 17.9 Å². The van der Waals surface area contributed by atoms with E-state index in [1.54, 1.807) is 29.8 Å². The van der Waals surface area contributed by atoms with Crippen molar-refractivity contribution in [2.45, 2.75) is 31.8 Å². The number of anilines is 2. The summed E-state index contributed by atoms with van der Waals surface area (Å²) in [7, 11) is 5.85. The SMILES string of the molecule is CN(C)Cc1nc(Nc2cnc(-c3cnc4cnc5occc5n34)c3c2C(=O)NC3)ccc1[C@@H]1CCN(C)C(=O)C1. The van der Waals surface area contributed by atoms with Gasteiger partial charge in [-0.3, -0.25) is 19.0 Å². The second-order valence-electron chi connectivity index (χ2n) is 10.9. The van der Waals surface area contributed by atoms with Crippen LogP contribution in [0.15, 0.2) is 47.5 Å². The molecule has 0 radical (unpaired) electrons. The van der Waals surface area contributed by atoms with E-state index in [9.17, 15) is 9.59 Å². The van der Waals surface area contributed by atoms with Crippen LogP contribution in [0.25, 0.3) is 28.3 Å². The van der Waals surface area contributed by atoms with Crippen molar-refractivity contribution in [1.29, 1.82) is 0 Å². The van der Waals surface area contributed by atoms with E-state index >= 15 is 0 Å². The van der Waals surface area contributed by atoms with E-state index in [0.717, 1.165) is 41.0 Å². The third-order valence-corrected chi connectivity index (χ3v) is 7.86. The standard InChI is InChI=1S/C29H29N9O3/c1-36(2)15-20-17(16-6-8-37(3)25(39)10-16)4-5-23(35-20)34-19-12-31-27(18-11-32-28(40)26(18)19)22-13-30-24-14-33-29-21(38(22)24)7-9-41-29/h4-5,7,9,12-14,16H,6,8,10-11,15H2,1-3H3,(H,32,40)(H,34,35)/t16-/m1/s1. The van der Waals surface area contributed by atoms with Gasteiger partial charge in [0.25, 0.3) is 5.91 Å². The predicted molar refractivity (Wildman–Crippen MR) is 152 cm³/mol. The molecule has 12 nitrogen and oxygen atoms in total. The Kier molecular flexibility index (Phi) is 5.93. The van der Waals surface area contributed by atoms with Gasteiger partial charge in [-0.25, -0.2) is 15.0 Å². The Hall–Kier alpha value is -4.84. The quantitative estimate of drug-likeness (QED) is 0.326. The van der Waals surface area contributed by atoms with E-state index < -0.39 is 0 Å². The number of amides is 2. The van der Waals surface area contributed by atoms with Crippen LogP contribution in [0.4, 0.5) is 11.5 Å². The van der Waals surface area contributed by atoms with E-state index in [4.69, 9.17) is 14.4 Å². The fourth-order valence-electron chi connectivity index (χ4n) is 5.84. The van der Waals surface area contributed by atoms with Crippen molar-refractivity contribution in [3.8, 4) is 11.4 Å². The smallest absolute Gasteiger partial charge is 0.254 e. The minimum absolute atomic E-state index is 0.133. The maximum absolute atomic E-state index is 13.1. The first-order valence-electron chi connectivity index (χ1n) is 13.5. The highest BCUT2D eigenvalue weighted by molar-refractivity contribution is 6.05. The number of piperidine rings is 1. The number of fused-ring (bicyclic) bond motifs is 4. The number of nitrogens with one attached hydrogen (secondary N) is 2. The zero-order valence-corrected chi connectivity index (χ0v) is 23.0. The summed E-state index contributed by atoms with van der Waals surface area (Å²) in [4.78, 5) is 47.9. The largest absolute Gasteiger partial charge is 0.445 e. The van der Waals surface area contributed by atoms with Crippen molar-refractivity contribution in [3.63, 3.8) is 0 Å². The molecule has 0 spiro atoms. The van der Waals surface area contributed by atoms with E-state index in [0.29, 0.717) is 53.6 Å². The van der Waals surface area contributed by atoms with Crippen LogP contribution in [-0.4, -0.2) is 73.6 Å². The average molecular weight is 552 g/mol. The number of aromatic nitrogens is 5. The molecule has 208 valence electrons. The molecule has 1 atom stereocenters. The average Bonchev–Trinajstić information content (AvgIpc) is 3.69. The van der Waals surface area contributed by atoms with E-state index in [1.165, 1.54) is 0 Å². The maximum atomic E-state index is 13.1. The Labute approximate surface area is 235 Å². The van der Waals surface area contributed by atoms with Gasteiger partial charge >= 0.3 is 0 Å². The first-order valence-corrected chi connectivity index (χ1v) is 13.5. The van der Waals surface area contributed by atoms with Crippen LogP contribution in [0.3, 0.4) is 0 Å². The number of hydrogen-bond acceptors (Lipinski definition) is 9. The molecule has 5 aromatic heterocycles. The van der Waals surface area contributed by atoms with Crippen molar-refractivity contribution in [3.05, 3.63) is 65.4 Å². The number of carbonyl (C=O) groups excluding carboxylic acids is 2. The summed E-state index contributed by atoms with van der Waals surface area (Å²) in [6.45, 7) is 1.72. The molecule has 7 rings (SSSR count). The number of pyridine rings is 2. The predicted octanol–water partition coefficient (Wildman–Crippen LogP) is 3.32. The summed E-state index contributed by atoms with van der Waals surface area (Å²) < 4.78 is 7.42. The molecule has 5 aromatic rings. The fourth-order valence-corrected chi connectivity index (χ4v) is 5.84. The van der Waals surface area contributed by atoms with Crippen LogP contribution < -0.4 is 10.6 Å². The van der Waals surface area contributed by atoms with Crippen molar-refractivity contribution < 1.29 is 14.0 Å². The number of hydrogen-bond donors (Lipinski definition) is 2. The Balaban J connectivity index is 1.26. The molecule has 1 fully saturated rings. The number of furan rings is 1. The number of nitrogens with zero attached hydrogens (tertiary/aromatic N) is 7. The highest BCUT2D eigenvalue weighted by Crippen LogP contribution is 2.36. The molecular formula is C29H29N9O3. The number of rotatable bonds is 6. The van der Waals surface area contributed by atoms with Crippen LogP contribution in [0.1, 0.15) is 45.9 Å². The van der Waals surface area contributed by atoms with Gasteiger partial charge in [0, 0.05) is 44.7 Å². The van der Waals surface area contributed by atoms with Crippen molar-refractivity contribution in [2.75, 3.05) is 33.0 Å². The Morgan fingerprint density at radius 3 is 2.83 bits per heavy atom. The van der Waals surface area contributed by atoms with E-state index in [-0.39, 0.29) is 17.7 Å². The molecule has 2 aliphatic rings. The van der Waals surface area contributed by atoms with Crippen molar-refractivity contribution in [1.82, 2.24) is 39.5 Å². The molecule has 41 heavy (non-hydrogen) atoms. The highest BCUT2D eigenvalue weighted by Gasteiger charge is 2.30. The van der Waals surface area contributed by atoms with E-state index in [1.807, 2.05) is 37.7 Å². The second kappa shape index (κ2) is 9.66. The first-order chi connectivity index (χ1) is 19.9. The van der Waals surface area contributed by atoms with Gasteiger partial charge in [-0.15, -0.1) is 0 Å². The van der Waals surface area contributed by atoms with Gasteiger partial charge in [-0.2, -0.15) is 0 Å². The van der Waals surface area contributed by atoms with Gasteiger partial charge in [-0.1, -0.05) is 6.07 Å². The monoisotopic (exact) mass is 551 g/mol. The van der Waals surface area contributed by atoms with Gasteiger partial charge in [0.15, 0.2) is 5.65 Å². The lowest BCUT2D eigenvalue weighted by Gasteiger charge is -2.30. The number of likely N-dealkylation sites (tertiary alicyclic amines) is 1. The Morgan fingerprint density at radius 1 is 1.12 bits per heavy atom. The van der Waals surface area contributed by atoms with Gasteiger partial charge in [0.05, 0.1) is 53.2 Å². The van der Waals surface area contributed by atoms with Crippen LogP contribution in [0.2, 0.25) is 0 Å². The molecule has 2 amide bonds. The highest BCUT2D eigenvalue weighted by atomic mass is 16.3. The maximum Gasteiger partial charge on any atom is 0.254 e. The molecule has 0 unspecified atom stereocenters. The van der Waals surface area contributed by atoms with Crippen molar-refractivity contribution >= 4 is 40.2 Å². The zero-order valence-electron chi connectivity index (χ0n) is 23.0. The summed E-state index contributed by atoms with van der Waals surface area (Å²) in [6, 6.07) is 5.81. The van der Waals surface area contributed by atoms with E-state index in [2.05, 4.69) is 31.6 Å². The number of imidazole rings is 1. The van der Waals surface area contributed by atoms with Crippen LogP contribution >= 0.6 is 0 Å². The normalized spacial score (nSPS) is 17.1. The second-order valence-corrected chi connectivity index (χ2v) is 10.9. The lowest BCUT2D eigenvalue weighted by Crippen LogP contribution is -2.35. The number of carbonyl (C=O) groups is 2. The minimum Gasteiger partial charge on any atom is -0.445 e. The molecule has 2 aliphatic heterocycles. The molecule has 12 heteroatoms. The summed E-state index contributed by atoms with van der Waals surface area (Å²) in [6.07, 6.45) is 8.03. The first kappa shape index (κ1) is 25.1. The lowest BCUT2D eigenvalue weighted by atomic mass is 9.88. The summed E-state index contributed by atoms with van der Waals surface area (Å²) >= 11 is 0. The van der Waals surface area contributed by atoms with Crippen LogP contribution in [0.5, 0.6) is 0 Å². The van der Waals surface area contributed by atoms with Gasteiger partial charge in [-0.05, 0) is 38.1 Å². The summed E-state index contributed by atoms with van der Waals surface area (Å²) in [5.41, 5.74) is 7.23.